The molecule has 11 heavy (non-hydrogen) atoms. The van der Waals surface area contributed by atoms with Crippen LogP contribution in [0.1, 0.15) is 26.2 Å². The molecule has 0 radical (unpaired) electrons. The average molecular weight is 410 g/mol. The van der Waals surface area contributed by atoms with Crippen LogP contribution in [-0.2, 0) is 31.9 Å². The summed E-state index contributed by atoms with van der Waals surface area (Å²) < 4.78 is 1.39. The van der Waals surface area contributed by atoms with Gasteiger partial charge in [-0.2, -0.15) is 0 Å². The molecule has 0 aromatic rings. The van der Waals surface area contributed by atoms with Crippen molar-refractivity contribution in [2.24, 2.45) is 0 Å². The molecule has 0 aromatic carbocycles. The Labute approximate surface area is 85.6 Å². The molecule has 0 N–H and O–H groups in total. The summed E-state index contributed by atoms with van der Waals surface area (Å²) in [4.78, 5) is 10.3. The van der Waals surface area contributed by atoms with Gasteiger partial charge in [-0.15, -0.1) is 0 Å². The van der Waals surface area contributed by atoms with Gasteiger partial charge in [-0.05, 0) is 0 Å². The van der Waals surface area contributed by atoms with Gasteiger partial charge in [0.1, 0.15) is 0 Å². The summed E-state index contributed by atoms with van der Waals surface area (Å²) in [7, 11) is 0. The van der Waals surface area contributed by atoms with Gasteiger partial charge in [-0.1, -0.05) is 0 Å². The van der Waals surface area contributed by atoms with Crippen molar-refractivity contribution in [1.82, 2.24) is 0 Å². The van der Waals surface area contributed by atoms with Gasteiger partial charge < -0.3 is 0 Å². The van der Waals surface area contributed by atoms with Gasteiger partial charge in [0.25, 0.3) is 0 Å². The van der Waals surface area contributed by atoms with Crippen LogP contribution < -0.4 is 0 Å². The first-order valence-corrected chi connectivity index (χ1v) is 20.1. The predicted molar refractivity (Wildman–Crippen MR) is 43.0 cm³/mol. The molecule has 0 saturated carbocycles. The number of rotatable bonds is 4. The number of hydrogen-bond acceptors (Lipinski definition) is 2. The van der Waals surface area contributed by atoms with E-state index in [-0.39, 0.29) is 0 Å². The molecule has 1 fully saturated rings. The van der Waals surface area contributed by atoms with Gasteiger partial charge in [0.05, 0.1) is 0 Å². The van der Waals surface area contributed by atoms with E-state index in [0.717, 1.165) is 12.8 Å². The van der Waals surface area contributed by atoms with Crippen LogP contribution in [0, 0.1) is 0 Å². The van der Waals surface area contributed by atoms with E-state index in [1.54, 1.807) is 0 Å². The van der Waals surface area contributed by atoms with Crippen LogP contribution >= 0.6 is 11.9 Å². The van der Waals surface area contributed by atoms with Crippen molar-refractivity contribution in [3.63, 3.8) is 0 Å². The third kappa shape index (κ3) is 3.70. The van der Waals surface area contributed by atoms with E-state index >= 15 is 0 Å². The summed E-state index contributed by atoms with van der Waals surface area (Å²) in [5, 5.41) is 0. The third-order valence-electron chi connectivity index (χ3n) is 1.97. The van der Waals surface area contributed by atoms with Crippen molar-refractivity contribution in [2.75, 3.05) is 0 Å². The van der Waals surface area contributed by atoms with Crippen LogP contribution in [0.15, 0.2) is 0 Å². The summed E-state index contributed by atoms with van der Waals surface area (Å²) in [5.41, 5.74) is 0. The Morgan fingerprint density at radius 3 is 2.73 bits per heavy atom. The molecule has 0 aromatic heterocycles. The maximum atomic E-state index is 5.17. The Morgan fingerprint density at radius 1 is 1.45 bits per heavy atom. The zero-order valence-electron chi connectivity index (χ0n) is 6.88. The van der Waals surface area contributed by atoms with E-state index in [0.29, 0.717) is 12.2 Å². The first kappa shape index (κ1) is 10.4. The van der Waals surface area contributed by atoms with Crippen molar-refractivity contribution < 1.29 is 31.9 Å². The minimum absolute atomic E-state index is 0.368. The summed E-state index contributed by atoms with van der Waals surface area (Å²) >= 11 is 3.03. The van der Waals surface area contributed by atoms with Crippen LogP contribution in [-0.4, -0.2) is 12.2 Å². The molecule has 0 spiro atoms. The maximum absolute atomic E-state index is 5.17. The van der Waals surface area contributed by atoms with Crippen molar-refractivity contribution in [1.29, 1.82) is 0 Å². The molecule has 0 bridgehead atoms. The SMILES string of the molecule is CCC1CC(C[CH2][Hg][Br])OO1. The molecule has 1 heterocycles. The summed E-state index contributed by atoms with van der Waals surface area (Å²) in [6.45, 7) is 2.14. The van der Waals surface area contributed by atoms with Crippen LogP contribution in [0.4, 0.5) is 0 Å². The van der Waals surface area contributed by atoms with Crippen molar-refractivity contribution >= 4 is 11.9 Å². The normalized spacial score (nSPS) is 30.4. The molecule has 62 valence electrons. The molecule has 1 aliphatic heterocycles. The Hall–Kier alpha value is 1.34. The molecule has 1 rings (SSSR count). The Bertz CT molecular complexity index is 113. The summed E-state index contributed by atoms with van der Waals surface area (Å²) in [5.74, 6) is 0. The van der Waals surface area contributed by atoms with Gasteiger partial charge >= 0.3 is 86.2 Å². The summed E-state index contributed by atoms with van der Waals surface area (Å²) in [6, 6.07) is 0. The third-order valence-corrected chi connectivity index (χ3v) is 9.52. The Kier molecular flexibility index (Phi) is 5.58. The van der Waals surface area contributed by atoms with E-state index < -0.39 is 22.1 Å². The van der Waals surface area contributed by atoms with Crippen LogP contribution in [0.25, 0.3) is 0 Å². The van der Waals surface area contributed by atoms with E-state index in [1.807, 2.05) is 0 Å². The van der Waals surface area contributed by atoms with Crippen molar-refractivity contribution in [2.45, 2.75) is 42.3 Å². The second-order valence-electron chi connectivity index (χ2n) is 2.91. The van der Waals surface area contributed by atoms with Gasteiger partial charge in [0, 0.05) is 0 Å². The molecule has 4 heteroatoms. The molecule has 0 amide bonds. The minimum atomic E-state index is -0.581. The number of hydrogen-bond donors (Lipinski definition) is 0. The van der Waals surface area contributed by atoms with E-state index in [9.17, 15) is 0 Å². The standard InChI is InChI=1S/C7H13O2.BrH.Hg/c1-3-6-5-7(4-2)9-8-6;;/h6-7H,1,3-5H2,2H3;1H;/q;;+1/p-1. The fourth-order valence-corrected chi connectivity index (χ4v) is 6.45. The van der Waals surface area contributed by atoms with Gasteiger partial charge in [0.2, 0.25) is 0 Å². The van der Waals surface area contributed by atoms with Gasteiger partial charge in [-0.25, -0.2) is 0 Å². The molecular weight excluding hydrogens is 397 g/mol. The van der Waals surface area contributed by atoms with Crippen LogP contribution in [0.3, 0.4) is 0 Å². The first-order valence-electron chi connectivity index (χ1n) is 4.25. The average Bonchev–Trinajstić information content (AvgIpc) is 2.48. The molecule has 2 nitrogen and oxygen atoms in total. The molecule has 1 saturated heterocycles. The van der Waals surface area contributed by atoms with E-state index in [1.165, 1.54) is 10.4 Å². The summed E-state index contributed by atoms with van der Waals surface area (Å²) in [6.07, 6.45) is 4.17. The Balaban J connectivity index is 2.09. The van der Waals surface area contributed by atoms with Crippen molar-refractivity contribution in [3.8, 4) is 0 Å². The molecular formula is C7H13BrHgO2. The van der Waals surface area contributed by atoms with Crippen LogP contribution in [0.2, 0.25) is 3.93 Å². The number of halogens is 1. The zero-order valence-corrected chi connectivity index (χ0v) is 14.0. The van der Waals surface area contributed by atoms with E-state index in [2.05, 4.69) is 18.8 Å². The van der Waals surface area contributed by atoms with Gasteiger partial charge in [0.15, 0.2) is 0 Å². The second-order valence-corrected chi connectivity index (χ2v) is 14.1. The molecule has 2 unspecified atom stereocenters. The quantitative estimate of drug-likeness (QED) is 0.525. The Morgan fingerprint density at radius 2 is 2.18 bits per heavy atom. The van der Waals surface area contributed by atoms with E-state index in [4.69, 9.17) is 9.78 Å². The predicted octanol–water partition coefficient (Wildman–Crippen LogP) is 2.69. The topological polar surface area (TPSA) is 18.5 Å². The van der Waals surface area contributed by atoms with Crippen LogP contribution in [0.5, 0.6) is 0 Å². The monoisotopic (exact) mass is 410 g/mol. The van der Waals surface area contributed by atoms with Gasteiger partial charge in [-0.3, -0.25) is 0 Å². The molecule has 0 aliphatic carbocycles. The molecule has 1 aliphatic rings. The fraction of sp³-hybridized carbons (Fsp3) is 1.00. The first-order chi connectivity index (χ1) is 5.36. The fourth-order valence-electron chi connectivity index (χ4n) is 1.23. The second kappa shape index (κ2) is 5.89. The van der Waals surface area contributed by atoms with Crippen molar-refractivity contribution in [3.05, 3.63) is 0 Å². The molecule has 2 atom stereocenters. The zero-order chi connectivity index (χ0) is 8.10.